The molecule has 0 unspecified atom stereocenters. The molecule has 0 aliphatic heterocycles. The molecule has 0 heterocycles. The Bertz CT molecular complexity index is 374. The second kappa shape index (κ2) is 18.5. The minimum absolute atomic E-state index is 0. The monoisotopic (exact) mass is 374 g/mol. The number of allylic oxidation sites excluding steroid dienone is 2. The molecule has 1 heteroatoms. The molecule has 2 aliphatic carbocycles. The third kappa shape index (κ3) is 13.5. The van der Waals surface area contributed by atoms with E-state index in [0.29, 0.717) is 0 Å². The van der Waals surface area contributed by atoms with E-state index in [0.717, 1.165) is 12.8 Å². The van der Waals surface area contributed by atoms with Gasteiger partial charge in [-0.25, -0.2) is 5.57 Å². The molecule has 0 bridgehead atoms. The van der Waals surface area contributed by atoms with Crippen molar-refractivity contribution in [3.05, 3.63) is 48.9 Å². The third-order valence-corrected chi connectivity index (χ3v) is 4.74. The Morgan fingerprint density at radius 1 is 0.840 bits per heavy atom. The van der Waals surface area contributed by atoms with Crippen molar-refractivity contribution in [1.29, 1.82) is 0 Å². The van der Waals surface area contributed by atoms with E-state index >= 15 is 0 Å². The zero-order chi connectivity index (χ0) is 17.3. The Balaban J connectivity index is 0.000000425. The Labute approximate surface area is 172 Å². The van der Waals surface area contributed by atoms with Crippen LogP contribution in [0.15, 0.2) is 30.3 Å². The van der Waals surface area contributed by atoms with Crippen LogP contribution in [-0.4, -0.2) is 0 Å². The summed E-state index contributed by atoms with van der Waals surface area (Å²) in [6.45, 7) is 6.14. The molecule has 1 aromatic carbocycles. The molecule has 1 aromatic rings. The molecule has 2 saturated carbocycles. The first-order valence-electron chi connectivity index (χ1n) is 10.3. The fraction of sp³-hybridized carbons (Fsp3) is 0.625. The Hall–Kier alpha value is -0.326. The van der Waals surface area contributed by atoms with Crippen LogP contribution in [0.25, 0.3) is 5.57 Å². The molecule has 0 nitrogen and oxygen atoms in total. The van der Waals surface area contributed by atoms with Crippen LogP contribution < -0.4 is 0 Å². The van der Waals surface area contributed by atoms with Gasteiger partial charge in [-0.15, -0.1) is 18.6 Å². The molecule has 136 valence electrons. The predicted molar refractivity (Wildman–Crippen MR) is 109 cm³/mol. The molecule has 0 N–H and O–H groups in total. The van der Waals surface area contributed by atoms with E-state index in [9.17, 15) is 0 Å². The van der Waals surface area contributed by atoms with E-state index in [2.05, 4.69) is 44.2 Å². The SMILES string of the molecule is C1CCCC1.C1CCCC1.[CH2-]CC(=[C-]CCCC)c1ccccc1.[Ti+4]. The van der Waals surface area contributed by atoms with Gasteiger partial charge in [0.2, 0.25) is 0 Å². The molecule has 0 amide bonds. The normalized spacial score (nSPS) is 16.2. The standard InChI is InChI=1S/C14H18.2C5H10.Ti/c1-3-5-7-10-13(4-2)14-11-8-6-9-12-14;2*1-2-4-5-3-1;/h6,8-9,11-12H,2-5,7H2,1H3;2*1-5H2;/q-2;;;+4. The molecule has 0 aromatic heterocycles. The van der Waals surface area contributed by atoms with Gasteiger partial charge in [-0.3, -0.25) is 6.08 Å². The summed E-state index contributed by atoms with van der Waals surface area (Å²) in [5.74, 6) is 0. The van der Waals surface area contributed by atoms with Crippen molar-refractivity contribution in [2.45, 2.75) is 96.8 Å². The van der Waals surface area contributed by atoms with E-state index < -0.39 is 0 Å². The maximum atomic E-state index is 3.94. The van der Waals surface area contributed by atoms with Crippen LogP contribution in [0.5, 0.6) is 0 Å². The van der Waals surface area contributed by atoms with Gasteiger partial charge in [0.1, 0.15) is 0 Å². The summed E-state index contributed by atoms with van der Waals surface area (Å²) in [6.07, 6.45) is 22.8. The van der Waals surface area contributed by atoms with Crippen molar-refractivity contribution in [3.63, 3.8) is 0 Å². The second-order valence-electron chi connectivity index (χ2n) is 6.91. The zero-order valence-corrected chi connectivity index (χ0v) is 18.1. The number of unbranched alkanes of at least 4 members (excludes halogenated alkanes) is 2. The summed E-state index contributed by atoms with van der Waals surface area (Å²) in [5.41, 5.74) is 2.51. The van der Waals surface area contributed by atoms with Crippen LogP contribution in [0.3, 0.4) is 0 Å². The van der Waals surface area contributed by atoms with E-state index in [4.69, 9.17) is 0 Å². The van der Waals surface area contributed by atoms with Gasteiger partial charge < -0.3 is 6.92 Å². The van der Waals surface area contributed by atoms with Crippen molar-refractivity contribution >= 4 is 5.57 Å². The van der Waals surface area contributed by atoms with Crippen LogP contribution in [-0.2, 0) is 21.7 Å². The fourth-order valence-electron chi connectivity index (χ4n) is 3.16. The largest absolute Gasteiger partial charge is 4.00 e. The Morgan fingerprint density at radius 3 is 1.64 bits per heavy atom. The third-order valence-electron chi connectivity index (χ3n) is 4.74. The van der Waals surface area contributed by atoms with Crippen molar-refractivity contribution < 1.29 is 21.7 Å². The summed E-state index contributed by atoms with van der Waals surface area (Å²) in [6, 6.07) is 10.4. The maximum absolute atomic E-state index is 3.94. The molecule has 2 fully saturated rings. The Kier molecular flexibility index (Phi) is 18.2. The van der Waals surface area contributed by atoms with E-state index in [1.54, 1.807) is 0 Å². The molecule has 3 rings (SSSR count). The smallest absolute Gasteiger partial charge is 0.342 e. The number of rotatable bonds is 5. The summed E-state index contributed by atoms with van der Waals surface area (Å²) in [5, 5.41) is 0. The summed E-state index contributed by atoms with van der Waals surface area (Å²) < 4.78 is 0. The first-order valence-corrected chi connectivity index (χ1v) is 10.3. The van der Waals surface area contributed by atoms with Gasteiger partial charge in [-0.05, 0) is 0 Å². The van der Waals surface area contributed by atoms with Gasteiger partial charge >= 0.3 is 21.7 Å². The van der Waals surface area contributed by atoms with Crippen LogP contribution in [0.2, 0.25) is 0 Å². The summed E-state index contributed by atoms with van der Waals surface area (Å²) >= 11 is 0. The van der Waals surface area contributed by atoms with E-state index in [1.165, 1.54) is 88.2 Å². The molecular formula is C24H38Ti+2. The van der Waals surface area contributed by atoms with E-state index in [-0.39, 0.29) is 21.7 Å². The van der Waals surface area contributed by atoms with Gasteiger partial charge in [-0.1, -0.05) is 102 Å². The van der Waals surface area contributed by atoms with Crippen molar-refractivity contribution in [1.82, 2.24) is 0 Å². The summed E-state index contributed by atoms with van der Waals surface area (Å²) in [7, 11) is 0. The van der Waals surface area contributed by atoms with Crippen LogP contribution in [0.4, 0.5) is 0 Å². The second-order valence-corrected chi connectivity index (χ2v) is 6.91. The van der Waals surface area contributed by atoms with Gasteiger partial charge in [0.05, 0.1) is 0 Å². The van der Waals surface area contributed by atoms with Crippen molar-refractivity contribution in [2.24, 2.45) is 0 Å². The molecular weight excluding hydrogens is 336 g/mol. The van der Waals surface area contributed by atoms with Crippen LogP contribution in [0.1, 0.15) is 102 Å². The summed E-state index contributed by atoms with van der Waals surface area (Å²) in [4.78, 5) is 0. The number of benzene rings is 1. The predicted octanol–water partition coefficient (Wildman–Crippen LogP) is 8.19. The Morgan fingerprint density at radius 2 is 1.28 bits per heavy atom. The van der Waals surface area contributed by atoms with Gasteiger partial charge in [-0.2, -0.15) is 12.0 Å². The molecule has 0 saturated heterocycles. The first kappa shape index (κ1) is 24.7. The van der Waals surface area contributed by atoms with Crippen LogP contribution >= 0.6 is 0 Å². The minimum Gasteiger partial charge on any atom is -0.342 e. The maximum Gasteiger partial charge on any atom is 4.00 e. The fourth-order valence-corrected chi connectivity index (χ4v) is 3.16. The zero-order valence-electron chi connectivity index (χ0n) is 16.5. The van der Waals surface area contributed by atoms with Gasteiger partial charge in [0.15, 0.2) is 0 Å². The number of hydrogen-bond donors (Lipinski definition) is 0. The average molecular weight is 374 g/mol. The van der Waals surface area contributed by atoms with Gasteiger partial charge in [0.25, 0.3) is 0 Å². The topological polar surface area (TPSA) is 0 Å². The van der Waals surface area contributed by atoms with Crippen molar-refractivity contribution in [2.75, 3.05) is 0 Å². The number of hydrogen-bond acceptors (Lipinski definition) is 0. The molecule has 25 heavy (non-hydrogen) atoms. The molecule has 2 aliphatic rings. The average Bonchev–Trinajstić information content (AvgIpc) is 3.38. The van der Waals surface area contributed by atoms with Crippen LogP contribution in [0, 0.1) is 13.0 Å². The molecule has 0 spiro atoms. The minimum atomic E-state index is 0. The molecule has 0 atom stereocenters. The van der Waals surface area contributed by atoms with Gasteiger partial charge in [0, 0.05) is 0 Å². The van der Waals surface area contributed by atoms with Crippen molar-refractivity contribution in [3.8, 4) is 0 Å². The quantitative estimate of drug-likeness (QED) is 0.277. The first-order chi connectivity index (χ1) is 11.9. The van der Waals surface area contributed by atoms with E-state index in [1.807, 2.05) is 6.07 Å². The molecule has 0 radical (unpaired) electrons.